The number of carbonyl (C=O) groups excluding carboxylic acids is 2. The van der Waals surface area contributed by atoms with Crippen LogP contribution in [0.3, 0.4) is 0 Å². The predicted octanol–water partition coefficient (Wildman–Crippen LogP) is 1.02. The molecular formula is C22H28FN5O5. The molecule has 0 atom stereocenters. The van der Waals surface area contributed by atoms with Crippen molar-refractivity contribution < 1.29 is 23.8 Å². The number of aromatic hydroxyl groups is 1. The zero-order valence-electron chi connectivity index (χ0n) is 18.9. The molecule has 2 fully saturated rings. The zero-order chi connectivity index (χ0) is 23.9. The Bertz CT molecular complexity index is 1180. The number of aromatic nitrogens is 3. The van der Waals surface area contributed by atoms with Gasteiger partial charge >= 0.3 is 0 Å². The third kappa shape index (κ3) is 4.77. The molecule has 2 N–H and O–H groups in total. The van der Waals surface area contributed by atoms with Crippen molar-refractivity contribution in [2.45, 2.75) is 51.9 Å². The number of nitrogens with one attached hydrogen (secondary N) is 1. The molecule has 0 unspecified atom stereocenters. The summed E-state index contributed by atoms with van der Waals surface area (Å²) >= 11 is 0. The number of ether oxygens (including phenoxy) is 1. The van der Waals surface area contributed by atoms with Gasteiger partial charge in [0.2, 0.25) is 11.8 Å². The number of hydrogen-bond donors (Lipinski definition) is 2. The van der Waals surface area contributed by atoms with Gasteiger partial charge in [0.25, 0.3) is 11.5 Å². The summed E-state index contributed by atoms with van der Waals surface area (Å²) in [7, 11) is 0. The standard InChI is InChI=1S/C22H28FN5O5/c1-13-15(6-7-16(29)26-8-10-33-11-9-26)19-27(12-22(2,3)23)20(31)17(21(32)28(19)25-13)18(30)24-14-4-5-14/h6-7,14,32H,4-5,8-12H2,1-3H3,(H,24,30)/b7-6+. The van der Waals surface area contributed by atoms with E-state index in [9.17, 15) is 23.9 Å². The van der Waals surface area contributed by atoms with Crippen LogP contribution in [0.1, 0.15) is 48.3 Å². The normalized spacial score (nSPS) is 17.2. The highest BCUT2D eigenvalue weighted by molar-refractivity contribution is 5.97. The molecule has 33 heavy (non-hydrogen) atoms. The molecule has 2 aromatic rings. The second-order valence-electron chi connectivity index (χ2n) is 9.06. The predicted molar refractivity (Wildman–Crippen MR) is 118 cm³/mol. The summed E-state index contributed by atoms with van der Waals surface area (Å²) in [5.74, 6) is -1.58. The maximum atomic E-state index is 14.7. The van der Waals surface area contributed by atoms with Crippen LogP contribution in [0.2, 0.25) is 0 Å². The van der Waals surface area contributed by atoms with Gasteiger partial charge in [-0.15, -0.1) is 0 Å². The van der Waals surface area contributed by atoms with Crippen molar-refractivity contribution in [3.63, 3.8) is 0 Å². The highest BCUT2D eigenvalue weighted by Gasteiger charge is 2.31. The van der Waals surface area contributed by atoms with Gasteiger partial charge in [0, 0.05) is 30.8 Å². The highest BCUT2D eigenvalue weighted by Crippen LogP contribution is 2.26. The van der Waals surface area contributed by atoms with Crippen molar-refractivity contribution >= 4 is 23.5 Å². The van der Waals surface area contributed by atoms with Gasteiger partial charge in [-0.25, -0.2) is 4.39 Å². The Hall–Kier alpha value is -3.21. The Balaban J connectivity index is 1.83. The number of alkyl halides is 1. The topological polar surface area (TPSA) is 118 Å². The van der Waals surface area contributed by atoms with E-state index in [2.05, 4.69) is 10.4 Å². The molecule has 1 aliphatic carbocycles. The summed E-state index contributed by atoms with van der Waals surface area (Å²) in [6, 6.07) is -0.0397. The molecule has 2 aliphatic rings. The van der Waals surface area contributed by atoms with Gasteiger partial charge in [0.1, 0.15) is 11.3 Å². The van der Waals surface area contributed by atoms with Crippen molar-refractivity contribution in [2.75, 3.05) is 26.3 Å². The van der Waals surface area contributed by atoms with E-state index in [-0.39, 0.29) is 24.1 Å². The first-order valence-corrected chi connectivity index (χ1v) is 11.0. The Morgan fingerprint density at radius 1 is 1.30 bits per heavy atom. The maximum absolute atomic E-state index is 14.7. The summed E-state index contributed by atoms with van der Waals surface area (Å²) in [4.78, 5) is 40.2. The Morgan fingerprint density at radius 3 is 2.58 bits per heavy atom. The highest BCUT2D eigenvalue weighted by atomic mass is 19.1. The molecule has 3 heterocycles. The van der Waals surface area contributed by atoms with E-state index in [1.165, 1.54) is 26.0 Å². The smallest absolute Gasteiger partial charge is 0.270 e. The summed E-state index contributed by atoms with van der Waals surface area (Å²) in [5, 5.41) is 17.8. The number of fused-ring (bicyclic) bond motifs is 1. The van der Waals surface area contributed by atoms with E-state index in [0.29, 0.717) is 37.6 Å². The largest absolute Gasteiger partial charge is 0.492 e. The number of nitrogens with zero attached hydrogens (tertiary/aromatic N) is 4. The molecule has 10 nitrogen and oxygen atoms in total. The second kappa shape index (κ2) is 8.62. The van der Waals surface area contributed by atoms with Gasteiger partial charge in [-0.2, -0.15) is 9.61 Å². The van der Waals surface area contributed by atoms with Crippen LogP contribution < -0.4 is 10.9 Å². The molecule has 2 amide bonds. The van der Waals surface area contributed by atoms with E-state index in [1.54, 1.807) is 11.8 Å². The lowest BCUT2D eigenvalue weighted by molar-refractivity contribution is -0.129. The fourth-order valence-electron chi connectivity index (χ4n) is 3.81. The molecule has 0 bridgehead atoms. The quantitative estimate of drug-likeness (QED) is 0.621. The number of amides is 2. The Labute approximate surface area is 189 Å². The summed E-state index contributed by atoms with van der Waals surface area (Å²) in [6.45, 7) is 5.75. The van der Waals surface area contributed by atoms with E-state index in [1.807, 2.05) is 0 Å². The number of aryl methyl sites for hydroxylation is 1. The molecule has 0 aromatic carbocycles. The van der Waals surface area contributed by atoms with Gasteiger partial charge in [-0.3, -0.25) is 19.0 Å². The van der Waals surface area contributed by atoms with Crippen LogP contribution in [0.25, 0.3) is 11.7 Å². The van der Waals surface area contributed by atoms with Crippen LogP contribution in [0.4, 0.5) is 4.39 Å². The number of halogens is 1. The first-order chi connectivity index (χ1) is 15.6. The van der Waals surface area contributed by atoms with Gasteiger partial charge in [-0.05, 0) is 39.7 Å². The van der Waals surface area contributed by atoms with Crippen molar-refractivity contribution in [3.05, 3.63) is 33.3 Å². The zero-order valence-corrected chi connectivity index (χ0v) is 18.9. The van der Waals surface area contributed by atoms with E-state index in [0.717, 1.165) is 21.9 Å². The van der Waals surface area contributed by atoms with Crippen LogP contribution in [-0.4, -0.2) is 74.0 Å². The summed E-state index contributed by atoms with van der Waals surface area (Å²) in [5.41, 5.74) is -2.22. The number of hydrogen-bond acceptors (Lipinski definition) is 6. The molecule has 1 saturated heterocycles. The minimum Gasteiger partial charge on any atom is -0.492 e. The molecule has 0 spiro atoms. The molecule has 2 aromatic heterocycles. The first kappa shape index (κ1) is 23.0. The Kier molecular flexibility index (Phi) is 6.00. The average molecular weight is 461 g/mol. The number of rotatable bonds is 6. The monoisotopic (exact) mass is 461 g/mol. The minimum atomic E-state index is -1.80. The molecule has 1 aliphatic heterocycles. The SMILES string of the molecule is Cc1nn2c(O)c(C(=O)NC3CC3)c(=O)n(CC(C)(C)F)c2c1/C=C/C(=O)N1CCOCC1. The van der Waals surface area contributed by atoms with Crippen molar-refractivity contribution in [1.82, 2.24) is 24.4 Å². The summed E-state index contributed by atoms with van der Waals surface area (Å²) < 4.78 is 22.1. The van der Waals surface area contributed by atoms with Crippen molar-refractivity contribution in [1.29, 1.82) is 0 Å². The third-order valence-corrected chi connectivity index (χ3v) is 5.61. The van der Waals surface area contributed by atoms with E-state index >= 15 is 0 Å². The fraction of sp³-hybridized carbons (Fsp3) is 0.545. The average Bonchev–Trinajstić information content (AvgIpc) is 3.50. The lowest BCUT2D eigenvalue weighted by atomic mass is 10.1. The third-order valence-electron chi connectivity index (χ3n) is 5.61. The molecule has 178 valence electrons. The van der Waals surface area contributed by atoms with Gasteiger partial charge in [-0.1, -0.05) is 0 Å². The second-order valence-corrected chi connectivity index (χ2v) is 9.06. The van der Waals surface area contributed by atoms with E-state index in [4.69, 9.17) is 4.74 Å². The van der Waals surface area contributed by atoms with Crippen molar-refractivity contribution in [2.24, 2.45) is 0 Å². The Morgan fingerprint density at radius 2 is 1.97 bits per heavy atom. The molecular weight excluding hydrogens is 433 g/mol. The van der Waals surface area contributed by atoms with Crippen LogP contribution in [0.5, 0.6) is 5.88 Å². The van der Waals surface area contributed by atoms with Gasteiger partial charge in [0.05, 0.1) is 25.5 Å². The maximum Gasteiger partial charge on any atom is 0.270 e. The molecule has 0 radical (unpaired) electrons. The number of morpholine rings is 1. The molecule has 4 rings (SSSR count). The fourth-order valence-corrected chi connectivity index (χ4v) is 3.81. The molecule has 11 heteroatoms. The van der Waals surface area contributed by atoms with Gasteiger partial charge < -0.3 is 20.1 Å². The van der Waals surface area contributed by atoms with Crippen molar-refractivity contribution in [3.8, 4) is 5.88 Å². The molecule has 1 saturated carbocycles. The van der Waals surface area contributed by atoms with Gasteiger partial charge in [0.15, 0.2) is 5.56 Å². The van der Waals surface area contributed by atoms with Crippen LogP contribution in [0.15, 0.2) is 10.9 Å². The first-order valence-electron chi connectivity index (χ1n) is 11.0. The number of carbonyl (C=O) groups is 2. The van der Waals surface area contributed by atoms with E-state index < -0.39 is 28.6 Å². The minimum absolute atomic E-state index is 0.0397. The lowest BCUT2D eigenvalue weighted by Crippen LogP contribution is -2.39. The van der Waals surface area contributed by atoms with Crippen LogP contribution in [0, 0.1) is 6.92 Å². The lowest BCUT2D eigenvalue weighted by Gasteiger charge is -2.25. The van der Waals surface area contributed by atoms with Crippen LogP contribution in [-0.2, 0) is 16.1 Å². The van der Waals surface area contributed by atoms with Crippen LogP contribution >= 0.6 is 0 Å². The summed E-state index contributed by atoms with van der Waals surface area (Å²) in [6.07, 6.45) is 4.45.